The first-order chi connectivity index (χ1) is 12.8. The van der Waals surface area contributed by atoms with Gasteiger partial charge in [0.1, 0.15) is 0 Å². The molecule has 0 spiro atoms. The summed E-state index contributed by atoms with van der Waals surface area (Å²) in [5.41, 5.74) is 2.77. The number of fused-ring (bicyclic) bond motifs is 1. The lowest BCUT2D eigenvalue weighted by molar-refractivity contribution is -0.111. The van der Waals surface area contributed by atoms with Gasteiger partial charge in [0.25, 0.3) is 10.0 Å². The Balaban J connectivity index is 2.26. The third kappa shape index (κ3) is 3.48. The first kappa shape index (κ1) is 21.3. The maximum Gasteiger partial charge on any atom is 0.264 e. The van der Waals surface area contributed by atoms with Crippen molar-refractivity contribution in [3.63, 3.8) is 0 Å². The van der Waals surface area contributed by atoms with E-state index >= 15 is 0 Å². The first-order valence-corrected chi connectivity index (χ1v) is 18.3. The smallest absolute Gasteiger partial charge is 0.264 e. The summed E-state index contributed by atoms with van der Waals surface area (Å²) < 4.78 is 28.7. The van der Waals surface area contributed by atoms with Crippen molar-refractivity contribution in [2.45, 2.75) is 63.9 Å². The van der Waals surface area contributed by atoms with Crippen LogP contribution in [0.4, 0.5) is 0 Å². The molecule has 4 nitrogen and oxygen atoms in total. The fourth-order valence-corrected chi connectivity index (χ4v) is 9.74. The van der Waals surface area contributed by atoms with Gasteiger partial charge < -0.3 is 0 Å². The molecular weight excluding hydrogens is 402 g/mol. The number of carbonyl (C=O) groups is 1. The summed E-state index contributed by atoms with van der Waals surface area (Å²) in [6, 6.07) is 7.00. The van der Waals surface area contributed by atoms with Gasteiger partial charge in [-0.3, -0.25) is 9.10 Å². The van der Waals surface area contributed by atoms with E-state index in [4.69, 9.17) is 0 Å². The highest BCUT2D eigenvalue weighted by atomic mass is 32.2. The summed E-state index contributed by atoms with van der Waals surface area (Å²) in [6.07, 6.45) is 1.55. The van der Waals surface area contributed by atoms with Gasteiger partial charge >= 0.3 is 0 Å². The van der Waals surface area contributed by atoms with E-state index < -0.39 is 26.2 Å². The van der Waals surface area contributed by atoms with Crippen LogP contribution < -0.4 is 0 Å². The quantitative estimate of drug-likeness (QED) is 0.649. The molecule has 0 unspecified atom stereocenters. The van der Waals surface area contributed by atoms with Gasteiger partial charge in [-0.2, -0.15) is 0 Å². The van der Waals surface area contributed by atoms with Crippen LogP contribution in [0.5, 0.6) is 0 Å². The zero-order valence-electron chi connectivity index (χ0n) is 18.0. The van der Waals surface area contributed by atoms with E-state index in [-0.39, 0.29) is 5.78 Å². The largest absolute Gasteiger partial charge is 0.290 e. The first-order valence-electron chi connectivity index (χ1n) is 9.89. The molecule has 3 rings (SSSR count). The monoisotopic (exact) mass is 433 g/mol. The zero-order valence-corrected chi connectivity index (χ0v) is 20.8. The van der Waals surface area contributed by atoms with Gasteiger partial charge in [-0.05, 0) is 42.7 Å². The van der Waals surface area contributed by atoms with Crippen LogP contribution in [0.3, 0.4) is 0 Å². The van der Waals surface area contributed by atoms with Gasteiger partial charge in [-0.1, -0.05) is 57.0 Å². The molecule has 7 heteroatoms. The number of piperidine rings is 1. The number of nitrogens with zero attached hydrogens (tertiary/aromatic N) is 1. The van der Waals surface area contributed by atoms with Crippen LogP contribution >= 0.6 is 0 Å². The SMILES string of the molecule is Cc1ccc(S(=O)(=O)N2CCCC3=C([Si](C)(C)C)C(=O)C([Si](C)(C)C)=C32)cc1. The van der Waals surface area contributed by atoms with Crippen LogP contribution in [0.1, 0.15) is 18.4 Å². The number of benzene rings is 1. The Morgan fingerprint density at radius 2 is 1.43 bits per heavy atom. The standard InChI is InChI=1S/C21H31NO3SSi2/c1-15-10-12-16(13-11-15)26(24,25)22-14-8-9-17-18(22)21(28(5,6)7)19(23)20(17)27(2,3)4/h10-13H,8-9,14H2,1-7H3. The third-order valence-electron chi connectivity index (χ3n) is 5.42. The number of allylic oxidation sites excluding steroid dienone is 3. The molecule has 0 amide bonds. The minimum absolute atomic E-state index is 0.134. The summed E-state index contributed by atoms with van der Waals surface area (Å²) >= 11 is 0. The molecule has 2 aliphatic rings. The lowest BCUT2D eigenvalue weighted by atomic mass is 10.1. The molecule has 0 saturated carbocycles. The molecule has 1 aromatic rings. The topological polar surface area (TPSA) is 54.5 Å². The average molecular weight is 434 g/mol. The average Bonchev–Trinajstić information content (AvgIpc) is 2.86. The molecule has 152 valence electrons. The summed E-state index contributed by atoms with van der Waals surface area (Å²) in [5.74, 6) is 0.134. The van der Waals surface area contributed by atoms with Crippen LogP contribution in [0.25, 0.3) is 0 Å². The molecule has 0 atom stereocenters. The lowest BCUT2D eigenvalue weighted by Crippen LogP contribution is -2.39. The van der Waals surface area contributed by atoms with Crippen molar-refractivity contribution < 1.29 is 13.2 Å². The Bertz CT molecular complexity index is 992. The summed E-state index contributed by atoms with van der Waals surface area (Å²) in [6.45, 7) is 15.4. The molecule has 0 radical (unpaired) electrons. The Labute approximate surface area is 171 Å². The number of Topliss-reactive ketones (excluding diaryl/α,β-unsaturated/α-hetero) is 1. The van der Waals surface area contributed by atoms with Gasteiger partial charge in [0.05, 0.1) is 26.7 Å². The second-order valence-electron chi connectivity index (χ2n) is 9.90. The molecule has 0 bridgehead atoms. The van der Waals surface area contributed by atoms with Crippen LogP contribution in [-0.2, 0) is 14.8 Å². The van der Waals surface area contributed by atoms with Gasteiger partial charge in [0, 0.05) is 11.7 Å². The molecule has 1 aromatic carbocycles. The van der Waals surface area contributed by atoms with Crippen molar-refractivity contribution in [3.05, 3.63) is 51.5 Å². The predicted octanol–water partition coefficient (Wildman–Crippen LogP) is 4.67. The second-order valence-corrected chi connectivity index (χ2v) is 21.8. The van der Waals surface area contributed by atoms with E-state index in [0.717, 1.165) is 40.1 Å². The Hall–Kier alpha value is -1.45. The van der Waals surface area contributed by atoms with Crippen molar-refractivity contribution in [2.75, 3.05) is 6.54 Å². The molecule has 1 fully saturated rings. The minimum Gasteiger partial charge on any atom is -0.290 e. The number of hydrogen-bond acceptors (Lipinski definition) is 3. The fraction of sp³-hybridized carbons (Fsp3) is 0.476. The fourth-order valence-electron chi connectivity index (χ4n) is 4.24. The van der Waals surface area contributed by atoms with Crippen molar-refractivity contribution in [1.82, 2.24) is 4.31 Å². The van der Waals surface area contributed by atoms with E-state index in [0.29, 0.717) is 11.4 Å². The van der Waals surface area contributed by atoms with Crippen molar-refractivity contribution >= 4 is 32.0 Å². The maximum absolute atomic E-state index is 13.6. The van der Waals surface area contributed by atoms with E-state index in [1.54, 1.807) is 16.4 Å². The second kappa shape index (κ2) is 6.81. The van der Waals surface area contributed by atoms with Gasteiger partial charge in [-0.25, -0.2) is 8.42 Å². The highest BCUT2D eigenvalue weighted by molar-refractivity contribution is 7.89. The number of aryl methyl sites for hydroxylation is 1. The number of carbonyl (C=O) groups excluding carboxylic acids is 1. The molecular formula is C21H31NO3SSi2. The highest BCUT2D eigenvalue weighted by Crippen LogP contribution is 2.46. The Kier molecular flexibility index (Phi) is 5.17. The number of rotatable bonds is 4. The molecule has 0 aromatic heterocycles. The summed E-state index contributed by atoms with van der Waals surface area (Å²) in [7, 11) is -7.64. The molecule has 28 heavy (non-hydrogen) atoms. The van der Waals surface area contributed by atoms with Gasteiger partial charge in [-0.15, -0.1) is 0 Å². The molecule has 0 N–H and O–H groups in total. The molecule has 1 aliphatic heterocycles. The van der Waals surface area contributed by atoms with Crippen molar-refractivity contribution in [1.29, 1.82) is 0 Å². The van der Waals surface area contributed by atoms with Crippen molar-refractivity contribution in [2.24, 2.45) is 0 Å². The van der Waals surface area contributed by atoms with E-state index in [9.17, 15) is 13.2 Å². The van der Waals surface area contributed by atoms with Crippen LogP contribution in [0.2, 0.25) is 39.3 Å². The summed E-state index contributed by atoms with van der Waals surface area (Å²) in [5, 5.41) is 1.75. The zero-order chi connectivity index (χ0) is 21.1. The van der Waals surface area contributed by atoms with E-state index in [2.05, 4.69) is 39.3 Å². The Morgan fingerprint density at radius 1 is 0.893 bits per heavy atom. The Morgan fingerprint density at radius 3 is 1.93 bits per heavy atom. The van der Waals surface area contributed by atoms with Crippen molar-refractivity contribution in [3.8, 4) is 0 Å². The molecule has 1 heterocycles. The van der Waals surface area contributed by atoms with E-state index in [1.165, 1.54) is 0 Å². The lowest BCUT2D eigenvalue weighted by Gasteiger charge is -2.34. The number of sulfonamides is 1. The highest BCUT2D eigenvalue weighted by Gasteiger charge is 2.47. The third-order valence-corrected chi connectivity index (χ3v) is 11.2. The van der Waals surface area contributed by atoms with Crippen LogP contribution in [0.15, 0.2) is 50.8 Å². The van der Waals surface area contributed by atoms with Gasteiger partial charge in [0.15, 0.2) is 5.78 Å². The minimum atomic E-state index is -3.69. The van der Waals surface area contributed by atoms with Crippen LogP contribution in [-0.4, -0.2) is 41.2 Å². The summed E-state index contributed by atoms with van der Waals surface area (Å²) in [4.78, 5) is 13.9. The molecule has 1 saturated heterocycles. The predicted molar refractivity (Wildman–Crippen MR) is 120 cm³/mol. The van der Waals surface area contributed by atoms with Crippen LogP contribution in [0, 0.1) is 6.92 Å². The molecule has 1 aliphatic carbocycles. The van der Waals surface area contributed by atoms with Gasteiger partial charge in [0.2, 0.25) is 0 Å². The normalized spacial score (nSPS) is 18.8. The van der Waals surface area contributed by atoms with E-state index in [1.807, 2.05) is 19.1 Å². The number of hydrogen-bond donors (Lipinski definition) is 0. The maximum atomic E-state index is 13.6. The number of ketones is 1.